The van der Waals surface area contributed by atoms with E-state index in [2.05, 4.69) is 11.1 Å². The van der Waals surface area contributed by atoms with E-state index in [4.69, 9.17) is 9.47 Å². The molecule has 0 bridgehead atoms. The number of hydrogen-bond donors (Lipinski definition) is 0. The summed E-state index contributed by atoms with van der Waals surface area (Å²) in [5, 5.41) is 10.1. The van der Waals surface area contributed by atoms with E-state index in [1.165, 1.54) is 19.0 Å². The number of para-hydroxylation sites is 1. The number of carbonyl (C=O) groups excluding carboxylic acids is 1. The lowest BCUT2D eigenvalue weighted by Gasteiger charge is -2.26. The van der Waals surface area contributed by atoms with E-state index in [0.29, 0.717) is 16.7 Å². The summed E-state index contributed by atoms with van der Waals surface area (Å²) >= 11 is 0. The number of rotatable bonds is 5. The molecule has 1 aromatic carbocycles. The molecule has 1 heterocycles. The van der Waals surface area contributed by atoms with Gasteiger partial charge in [-0.25, -0.2) is 0 Å². The second-order valence-corrected chi connectivity index (χ2v) is 7.42. The molecule has 0 atom stereocenters. The Labute approximate surface area is 152 Å². The first-order chi connectivity index (χ1) is 12.7. The van der Waals surface area contributed by atoms with Crippen LogP contribution >= 0.6 is 0 Å². The van der Waals surface area contributed by atoms with Gasteiger partial charge >= 0.3 is 5.97 Å². The number of esters is 1. The molecule has 134 valence electrons. The number of nitrogens with zero attached hydrogens (tertiary/aromatic N) is 2. The molecule has 4 rings (SSSR count). The Morgan fingerprint density at radius 2 is 1.96 bits per heavy atom. The molecule has 5 nitrogen and oxygen atoms in total. The third kappa shape index (κ3) is 3.37. The Hall–Kier alpha value is -2.61. The van der Waals surface area contributed by atoms with Gasteiger partial charge in [0.05, 0.1) is 11.4 Å². The van der Waals surface area contributed by atoms with Crippen LogP contribution in [0, 0.1) is 22.7 Å². The first-order valence-corrected chi connectivity index (χ1v) is 9.28. The number of pyridine rings is 1. The molecular formula is C21H22N2O3. The molecule has 0 amide bonds. The SMILES string of the molecule is N#Cc1cnc2ccccc2c1OCCOC(=O)C1CCC2(CC1)CC2. The molecule has 5 heteroatoms. The summed E-state index contributed by atoms with van der Waals surface area (Å²) in [7, 11) is 0. The van der Waals surface area contributed by atoms with E-state index >= 15 is 0 Å². The summed E-state index contributed by atoms with van der Waals surface area (Å²) in [5.74, 6) is 0.435. The van der Waals surface area contributed by atoms with Crippen LogP contribution in [0.25, 0.3) is 10.9 Å². The van der Waals surface area contributed by atoms with Crippen LogP contribution < -0.4 is 4.74 Å². The van der Waals surface area contributed by atoms with Crippen molar-refractivity contribution in [2.45, 2.75) is 38.5 Å². The van der Waals surface area contributed by atoms with Crippen molar-refractivity contribution >= 4 is 16.9 Å². The van der Waals surface area contributed by atoms with Crippen molar-refractivity contribution < 1.29 is 14.3 Å². The Morgan fingerprint density at radius 3 is 2.69 bits per heavy atom. The molecule has 0 aliphatic heterocycles. The summed E-state index contributed by atoms with van der Waals surface area (Å²) in [6.07, 6.45) is 8.42. The molecule has 2 fully saturated rings. The van der Waals surface area contributed by atoms with Gasteiger partial charge in [-0.1, -0.05) is 12.1 Å². The predicted octanol–water partition coefficient (Wildman–Crippen LogP) is 4.00. The second-order valence-electron chi connectivity index (χ2n) is 7.42. The molecule has 26 heavy (non-hydrogen) atoms. The van der Waals surface area contributed by atoms with Gasteiger partial charge in [0.2, 0.25) is 0 Å². The maximum Gasteiger partial charge on any atom is 0.309 e. The smallest absolute Gasteiger partial charge is 0.309 e. The molecule has 0 radical (unpaired) electrons. The summed E-state index contributed by atoms with van der Waals surface area (Å²) in [6.45, 7) is 0.424. The van der Waals surface area contributed by atoms with E-state index in [9.17, 15) is 10.1 Å². The molecule has 2 aliphatic rings. The molecular weight excluding hydrogens is 328 g/mol. The van der Waals surface area contributed by atoms with Crippen molar-refractivity contribution in [2.75, 3.05) is 13.2 Å². The van der Waals surface area contributed by atoms with Crippen LogP contribution in [0.5, 0.6) is 5.75 Å². The second kappa shape index (κ2) is 6.95. The summed E-state index contributed by atoms with van der Waals surface area (Å²) < 4.78 is 11.2. The van der Waals surface area contributed by atoms with E-state index in [-0.39, 0.29) is 25.1 Å². The average Bonchev–Trinajstić information content (AvgIpc) is 3.44. The van der Waals surface area contributed by atoms with Crippen LogP contribution in [0.15, 0.2) is 30.5 Å². The first-order valence-electron chi connectivity index (χ1n) is 9.28. The minimum atomic E-state index is -0.107. The topological polar surface area (TPSA) is 72.2 Å². The maximum absolute atomic E-state index is 12.2. The molecule has 1 aromatic heterocycles. The highest BCUT2D eigenvalue weighted by molar-refractivity contribution is 5.87. The largest absolute Gasteiger partial charge is 0.488 e. The highest BCUT2D eigenvalue weighted by atomic mass is 16.6. The Kier molecular flexibility index (Phi) is 4.50. The number of nitriles is 1. The van der Waals surface area contributed by atoms with Crippen molar-refractivity contribution in [1.29, 1.82) is 5.26 Å². The summed E-state index contributed by atoms with van der Waals surface area (Å²) in [5.41, 5.74) is 1.74. The number of aromatic nitrogens is 1. The van der Waals surface area contributed by atoms with Crippen molar-refractivity contribution in [3.63, 3.8) is 0 Å². The van der Waals surface area contributed by atoms with Gasteiger partial charge in [-0.3, -0.25) is 9.78 Å². The van der Waals surface area contributed by atoms with E-state index in [1.807, 2.05) is 24.3 Å². The van der Waals surface area contributed by atoms with Crippen molar-refractivity contribution in [1.82, 2.24) is 4.98 Å². The van der Waals surface area contributed by atoms with Crippen LogP contribution in [0.4, 0.5) is 0 Å². The van der Waals surface area contributed by atoms with E-state index < -0.39 is 0 Å². The van der Waals surface area contributed by atoms with Gasteiger partial charge in [0.15, 0.2) is 0 Å². The monoisotopic (exact) mass is 350 g/mol. The van der Waals surface area contributed by atoms with Gasteiger partial charge in [0, 0.05) is 11.6 Å². The lowest BCUT2D eigenvalue weighted by Crippen LogP contribution is -2.25. The molecule has 0 saturated heterocycles. The van der Waals surface area contributed by atoms with Gasteiger partial charge in [0.25, 0.3) is 0 Å². The van der Waals surface area contributed by atoms with Gasteiger partial charge in [0.1, 0.15) is 30.6 Å². The highest BCUT2D eigenvalue weighted by Crippen LogP contribution is 2.57. The molecule has 2 saturated carbocycles. The van der Waals surface area contributed by atoms with Gasteiger partial charge < -0.3 is 9.47 Å². The fourth-order valence-electron chi connectivity index (χ4n) is 3.90. The fourth-order valence-corrected chi connectivity index (χ4v) is 3.90. The third-order valence-corrected chi connectivity index (χ3v) is 5.76. The highest BCUT2D eigenvalue weighted by Gasteiger charge is 2.46. The standard InChI is InChI=1S/C21H22N2O3/c22-13-16-14-23-18-4-2-1-3-17(18)19(16)25-11-12-26-20(24)15-5-7-21(8-6-15)9-10-21/h1-4,14-15H,5-12H2. The zero-order valence-corrected chi connectivity index (χ0v) is 14.7. The minimum Gasteiger partial charge on any atom is -0.488 e. The molecule has 2 aliphatic carbocycles. The van der Waals surface area contributed by atoms with Crippen LogP contribution in [0.1, 0.15) is 44.1 Å². The number of carbonyl (C=O) groups is 1. The average molecular weight is 350 g/mol. The van der Waals surface area contributed by atoms with Gasteiger partial charge in [-0.15, -0.1) is 0 Å². The lowest BCUT2D eigenvalue weighted by molar-refractivity contribution is -0.150. The molecule has 0 unspecified atom stereocenters. The Bertz CT molecular complexity index is 857. The van der Waals surface area contributed by atoms with Crippen LogP contribution in [0.3, 0.4) is 0 Å². The van der Waals surface area contributed by atoms with Crippen LogP contribution in [-0.4, -0.2) is 24.2 Å². The first kappa shape index (κ1) is 16.8. The normalized spacial score (nSPS) is 18.4. The maximum atomic E-state index is 12.2. The Morgan fingerprint density at radius 1 is 1.19 bits per heavy atom. The molecule has 2 aromatic rings. The predicted molar refractivity (Wildman–Crippen MR) is 96.5 cm³/mol. The van der Waals surface area contributed by atoms with E-state index in [1.54, 1.807) is 0 Å². The van der Waals surface area contributed by atoms with Gasteiger partial charge in [-0.05, 0) is 56.1 Å². The van der Waals surface area contributed by atoms with Gasteiger partial charge in [-0.2, -0.15) is 5.26 Å². The third-order valence-electron chi connectivity index (χ3n) is 5.76. The molecule has 0 N–H and O–H groups in total. The number of benzene rings is 1. The van der Waals surface area contributed by atoms with Crippen molar-refractivity contribution in [3.8, 4) is 11.8 Å². The fraction of sp³-hybridized carbons (Fsp3) is 0.476. The minimum absolute atomic E-state index is 0.0395. The van der Waals surface area contributed by atoms with Crippen LogP contribution in [-0.2, 0) is 9.53 Å². The lowest BCUT2D eigenvalue weighted by atomic mass is 9.80. The molecule has 1 spiro atoms. The summed E-state index contributed by atoms with van der Waals surface area (Å²) in [4.78, 5) is 16.5. The van der Waals surface area contributed by atoms with E-state index in [0.717, 1.165) is 36.6 Å². The Balaban J connectivity index is 1.31. The quantitative estimate of drug-likeness (QED) is 0.602. The zero-order chi connectivity index (χ0) is 18.0. The number of hydrogen-bond acceptors (Lipinski definition) is 5. The number of ether oxygens (including phenoxy) is 2. The zero-order valence-electron chi connectivity index (χ0n) is 14.7. The summed E-state index contributed by atoms with van der Waals surface area (Å²) in [6, 6.07) is 9.63. The van der Waals surface area contributed by atoms with Crippen LogP contribution in [0.2, 0.25) is 0 Å². The number of fused-ring (bicyclic) bond motifs is 1. The van der Waals surface area contributed by atoms with Crippen molar-refractivity contribution in [2.24, 2.45) is 11.3 Å². The van der Waals surface area contributed by atoms with Crippen molar-refractivity contribution in [3.05, 3.63) is 36.0 Å².